The summed E-state index contributed by atoms with van der Waals surface area (Å²) in [5.41, 5.74) is 5.07. The number of urea groups is 1. The minimum Gasteiger partial charge on any atom is -0.352 e. The lowest BCUT2D eigenvalue weighted by Crippen LogP contribution is -2.57. The van der Waals surface area contributed by atoms with Crippen molar-refractivity contribution in [3.8, 4) is 0 Å². The Morgan fingerprint density at radius 2 is 1.86 bits per heavy atom. The maximum Gasteiger partial charge on any atom is 0.318 e. The number of nitrogens with one attached hydrogen (secondary N) is 1. The molecule has 1 aromatic heterocycles. The Bertz CT molecular complexity index is 1260. The molecule has 2 amide bonds. The van der Waals surface area contributed by atoms with Gasteiger partial charge >= 0.3 is 6.03 Å². The van der Waals surface area contributed by atoms with Crippen molar-refractivity contribution in [3.63, 3.8) is 0 Å². The Kier molecular flexibility index (Phi) is 6.43. The Morgan fingerprint density at radius 1 is 1.11 bits per heavy atom. The lowest BCUT2D eigenvalue weighted by Gasteiger charge is -2.41. The molecule has 0 spiro atoms. The fraction of sp³-hybridized carbons (Fsp3) is 0.296. The SMILES string of the molecule is C[C@@H]1CN(c2ncnc3c2C=C(c2ccc(F)cc2)C3)CCN1C(=O)N[C@H](C)c1ccc(Cl)cc1. The predicted molar refractivity (Wildman–Crippen MR) is 137 cm³/mol. The van der Waals surface area contributed by atoms with E-state index in [2.05, 4.69) is 33.2 Å². The minimum absolute atomic E-state index is 0.00809. The average Bonchev–Trinajstić information content (AvgIpc) is 3.29. The van der Waals surface area contributed by atoms with Crippen LogP contribution >= 0.6 is 11.6 Å². The summed E-state index contributed by atoms with van der Waals surface area (Å²) in [6.07, 6.45) is 4.40. The number of amides is 2. The molecule has 0 unspecified atom stereocenters. The monoisotopic (exact) mass is 491 g/mol. The second-order valence-electron chi connectivity index (χ2n) is 9.12. The normalized spacial score (nSPS) is 18.2. The van der Waals surface area contributed by atoms with Gasteiger partial charge in [-0.05, 0) is 60.9 Å². The van der Waals surface area contributed by atoms with E-state index in [0.717, 1.165) is 33.8 Å². The molecule has 5 rings (SSSR count). The van der Waals surface area contributed by atoms with E-state index in [1.807, 2.05) is 36.1 Å². The first-order valence-corrected chi connectivity index (χ1v) is 12.1. The highest BCUT2D eigenvalue weighted by molar-refractivity contribution is 6.30. The van der Waals surface area contributed by atoms with Gasteiger partial charge in [0.25, 0.3) is 0 Å². The third kappa shape index (κ3) is 4.86. The maximum atomic E-state index is 13.4. The van der Waals surface area contributed by atoms with Gasteiger partial charge < -0.3 is 15.1 Å². The summed E-state index contributed by atoms with van der Waals surface area (Å²) in [6.45, 7) is 5.97. The number of nitrogens with zero attached hydrogens (tertiary/aromatic N) is 4. The van der Waals surface area contributed by atoms with Gasteiger partial charge in [-0.3, -0.25) is 0 Å². The predicted octanol–water partition coefficient (Wildman–Crippen LogP) is 5.35. The van der Waals surface area contributed by atoms with E-state index in [1.54, 1.807) is 18.5 Å². The van der Waals surface area contributed by atoms with Crippen molar-refractivity contribution >= 4 is 35.1 Å². The van der Waals surface area contributed by atoms with Crippen LogP contribution in [0.5, 0.6) is 0 Å². The zero-order valence-electron chi connectivity index (χ0n) is 19.7. The van der Waals surface area contributed by atoms with Crippen LogP contribution in [-0.4, -0.2) is 46.6 Å². The first-order chi connectivity index (χ1) is 16.9. The molecule has 2 aliphatic rings. The Morgan fingerprint density at radius 3 is 2.57 bits per heavy atom. The van der Waals surface area contributed by atoms with Crippen LogP contribution in [0.25, 0.3) is 11.6 Å². The van der Waals surface area contributed by atoms with Crippen molar-refractivity contribution in [1.29, 1.82) is 0 Å². The standard InChI is InChI=1S/C27H27ClFN5O/c1-17-15-33(11-12-34(17)27(35)32-18(2)19-3-7-22(28)8-4-19)26-24-13-21(14-25(24)30-16-31-26)20-5-9-23(29)10-6-20/h3-10,13,16-18H,11-12,14-15H2,1-2H3,(H,32,35)/t17-,18-/m1/s1. The number of aromatic nitrogens is 2. The van der Waals surface area contributed by atoms with Crippen LogP contribution in [0.15, 0.2) is 54.9 Å². The van der Waals surface area contributed by atoms with Gasteiger partial charge in [-0.25, -0.2) is 19.2 Å². The number of hydrogen-bond acceptors (Lipinski definition) is 4. The topological polar surface area (TPSA) is 61.4 Å². The van der Waals surface area contributed by atoms with Crippen LogP contribution in [0.2, 0.25) is 5.02 Å². The van der Waals surface area contributed by atoms with Crippen molar-refractivity contribution in [2.45, 2.75) is 32.4 Å². The number of halogens is 2. The van der Waals surface area contributed by atoms with E-state index in [-0.39, 0.29) is 23.9 Å². The third-order valence-corrected chi connectivity index (χ3v) is 6.99. The molecule has 1 aliphatic carbocycles. The summed E-state index contributed by atoms with van der Waals surface area (Å²) in [5.74, 6) is 0.636. The fourth-order valence-electron chi connectivity index (χ4n) is 4.77. The fourth-order valence-corrected chi connectivity index (χ4v) is 4.90. The molecule has 1 fully saturated rings. The summed E-state index contributed by atoms with van der Waals surface area (Å²) in [6, 6.07) is 13.9. The lowest BCUT2D eigenvalue weighted by molar-refractivity contribution is 0.168. The highest BCUT2D eigenvalue weighted by atomic mass is 35.5. The second kappa shape index (κ2) is 9.66. The number of carbonyl (C=O) groups is 1. The lowest BCUT2D eigenvalue weighted by atomic mass is 10.1. The van der Waals surface area contributed by atoms with E-state index in [9.17, 15) is 9.18 Å². The van der Waals surface area contributed by atoms with E-state index in [4.69, 9.17) is 11.6 Å². The van der Waals surface area contributed by atoms with E-state index < -0.39 is 0 Å². The molecule has 3 aromatic rings. The molecule has 0 radical (unpaired) electrons. The molecule has 8 heteroatoms. The van der Waals surface area contributed by atoms with Gasteiger partial charge in [0.1, 0.15) is 18.0 Å². The van der Waals surface area contributed by atoms with Crippen molar-refractivity contribution in [2.75, 3.05) is 24.5 Å². The highest BCUT2D eigenvalue weighted by Crippen LogP contribution is 2.35. The average molecular weight is 492 g/mol. The number of benzene rings is 2. The van der Waals surface area contributed by atoms with Crippen LogP contribution in [0.4, 0.5) is 15.0 Å². The number of rotatable bonds is 4. The molecule has 180 valence electrons. The molecule has 35 heavy (non-hydrogen) atoms. The Labute approximate surface area is 209 Å². The summed E-state index contributed by atoms with van der Waals surface area (Å²) in [4.78, 5) is 26.2. The minimum atomic E-state index is -0.246. The molecule has 2 heterocycles. The summed E-state index contributed by atoms with van der Waals surface area (Å²) >= 11 is 5.98. The molecule has 2 aromatic carbocycles. The van der Waals surface area contributed by atoms with Crippen LogP contribution in [0, 0.1) is 5.82 Å². The molecule has 6 nitrogen and oxygen atoms in total. The van der Waals surface area contributed by atoms with Gasteiger partial charge in [-0.2, -0.15) is 0 Å². The Balaban J connectivity index is 1.27. The van der Waals surface area contributed by atoms with Gasteiger partial charge in [0.2, 0.25) is 0 Å². The molecule has 1 saturated heterocycles. The van der Waals surface area contributed by atoms with Crippen LogP contribution in [0.1, 0.15) is 42.3 Å². The molecule has 0 bridgehead atoms. The van der Waals surface area contributed by atoms with Gasteiger partial charge in [0, 0.05) is 42.7 Å². The number of hydrogen-bond donors (Lipinski definition) is 1. The molecule has 0 saturated carbocycles. The van der Waals surface area contributed by atoms with Crippen LogP contribution in [-0.2, 0) is 6.42 Å². The highest BCUT2D eigenvalue weighted by Gasteiger charge is 2.31. The van der Waals surface area contributed by atoms with Crippen molar-refractivity contribution in [2.24, 2.45) is 0 Å². The zero-order valence-corrected chi connectivity index (χ0v) is 20.5. The summed E-state index contributed by atoms with van der Waals surface area (Å²) < 4.78 is 13.4. The second-order valence-corrected chi connectivity index (χ2v) is 9.56. The number of allylic oxidation sites excluding steroid dienone is 1. The number of anilines is 1. The van der Waals surface area contributed by atoms with Crippen LogP contribution < -0.4 is 10.2 Å². The first-order valence-electron chi connectivity index (χ1n) is 11.8. The third-order valence-electron chi connectivity index (χ3n) is 6.73. The molecular weight excluding hydrogens is 465 g/mol. The number of piperazine rings is 1. The smallest absolute Gasteiger partial charge is 0.318 e. The number of fused-ring (bicyclic) bond motifs is 1. The Hall–Kier alpha value is -3.45. The molecular formula is C27H27ClFN5O. The van der Waals surface area contributed by atoms with E-state index in [0.29, 0.717) is 31.1 Å². The first kappa shape index (κ1) is 23.3. The van der Waals surface area contributed by atoms with Gasteiger partial charge in [-0.15, -0.1) is 0 Å². The largest absolute Gasteiger partial charge is 0.352 e. The zero-order chi connectivity index (χ0) is 24.5. The van der Waals surface area contributed by atoms with E-state index in [1.165, 1.54) is 12.1 Å². The van der Waals surface area contributed by atoms with Crippen molar-refractivity contribution in [3.05, 3.63) is 88.1 Å². The van der Waals surface area contributed by atoms with Crippen molar-refractivity contribution in [1.82, 2.24) is 20.2 Å². The molecule has 1 aliphatic heterocycles. The van der Waals surface area contributed by atoms with Gasteiger partial charge in [0.05, 0.1) is 11.7 Å². The molecule has 2 atom stereocenters. The summed E-state index contributed by atoms with van der Waals surface area (Å²) in [5, 5.41) is 3.78. The maximum absolute atomic E-state index is 13.4. The van der Waals surface area contributed by atoms with Gasteiger partial charge in [0.15, 0.2) is 0 Å². The van der Waals surface area contributed by atoms with E-state index >= 15 is 0 Å². The summed E-state index contributed by atoms with van der Waals surface area (Å²) in [7, 11) is 0. The van der Waals surface area contributed by atoms with Crippen LogP contribution in [0.3, 0.4) is 0 Å². The van der Waals surface area contributed by atoms with Gasteiger partial charge in [-0.1, -0.05) is 35.9 Å². The quantitative estimate of drug-likeness (QED) is 0.534. The number of carbonyl (C=O) groups excluding carboxylic acids is 1. The molecule has 1 N–H and O–H groups in total. The van der Waals surface area contributed by atoms with Crippen molar-refractivity contribution < 1.29 is 9.18 Å².